The van der Waals surface area contributed by atoms with Crippen molar-refractivity contribution in [2.24, 2.45) is 5.92 Å². The molecule has 3 atom stereocenters. The summed E-state index contributed by atoms with van der Waals surface area (Å²) in [5.74, 6) is -0.101. The molecule has 1 aliphatic carbocycles. The molecule has 3 fully saturated rings. The van der Waals surface area contributed by atoms with E-state index in [4.69, 9.17) is 14.0 Å². The number of morpholine rings is 1. The van der Waals surface area contributed by atoms with E-state index in [9.17, 15) is 9.59 Å². The van der Waals surface area contributed by atoms with Gasteiger partial charge in [-0.15, -0.1) is 0 Å². The van der Waals surface area contributed by atoms with Crippen molar-refractivity contribution in [3.63, 3.8) is 0 Å². The molecule has 9 heteroatoms. The highest BCUT2D eigenvalue weighted by Crippen LogP contribution is 2.43. The Morgan fingerprint density at radius 1 is 1.24 bits per heavy atom. The van der Waals surface area contributed by atoms with Crippen molar-refractivity contribution in [1.82, 2.24) is 5.16 Å². The zero-order valence-corrected chi connectivity index (χ0v) is 16.3. The molecule has 3 heterocycles. The summed E-state index contributed by atoms with van der Waals surface area (Å²) in [6.07, 6.45) is 1.93. The standard InChI is InChI=1S/C20H22FN3O5/c1-10-6-23(7-11(2)28-10)17-13(8-25)5-14-18(16(17)21)29-22-19(14)24-15(12-3-4-12)9-27-20(24)26/h5,8,10-12,15H,3-4,6-7,9H2,1-2H3/t10-,11-,15?/m1/s1. The van der Waals surface area contributed by atoms with Crippen LogP contribution in [-0.2, 0) is 9.47 Å². The highest BCUT2D eigenvalue weighted by Gasteiger charge is 2.46. The molecular formula is C20H22FN3O5. The number of carbonyl (C=O) groups excluding carboxylic acids is 2. The van der Waals surface area contributed by atoms with E-state index in [1.165, 1.54) is 4.90 Å². The van der Waals surface area contributed by atoms with Crippen LogP contribution in [0.15, 0.2) is 10.6 Å². The van der Waals surface area contributed by atoms with E-state index in [1.807, 2.05) is 13.8 Å². The van der Waals surface area contributed by atoms with E-state index in [2.05, 4.69) is 5.16 Å². The molecule has 0 radical (unpaired) electrons. The molecule has 1 aromatic carbocycles. The fourth-order valence-corrected chi connectivity index (χ4v) is 4.49. The van der Waals surface area contributed by atoms with Gasteiger partial charge in [0.25, 0.3) is 0 Å². The lowest BCUT2D eigenvalue weighted by atomic mass is 10.1. The Morgan fingerprint density at radius 2 is 1.97 bits per heavy atom. The Labute approximate surface area is 166 Å². The van der Waals surface area contributed by atoms with Crippen molar-refractivity contribution < 1.29 is 28.0 Å². The van der Waals surface area contributed by atoms with Gasteiger partial charge in [-0.1, -0.05) is 5.16 Å². The third-order valence-corrected chi connectivity index (χ3v) is 5.85. The quantitative estimate of drug-likeness (QED) is 0.725. The number of amides is 1. The fraction of sp³-hybridized carbons (Fsp3) is 0.550. The summed E-state index contributed by atoms with van der Waals surface area (Å²) in [5, 5.41) is 4.29. The third kappa shape index (κ3) is 2.95. The van der Waals surface area contributed by atoms with Crippen molar-refractivity contribution in [3.05, 3.63) is 17.4 Å². The second-order valence-electron chi connectivity index (χ2n) is 8.14. The summed E-state index contributed by atoms with van der Waals surface area (Å²) >= 11 is 0. The summed E-state index contributed by atoms with van der Waals surface area (Å²) in [6.45, 7) is 5.00. The number of rotatable bonds is 4. The number of aldehydes is 1. The predicted octanol–water partition coefficient (Wildman–Crippen LogP) is 3.13. The Balaban J connectivity index is 1.61. The molecule has 0 N–H and O–H groups in total. The molecule has 3 aliphatic rings. The highest BCUT2D eigenvalue weighted by atomic mass is 19.1. The number of fused-ring (bicyclic) bond motifs is 1. The van der Waals surface area contributed by atoms with Crippen LogP contribution in [0.25, 0.3) is 11.0 Å². The zero-order chi connectivity index (χ0) is 20.3. The van der Waals surface area contributed by atoms with Crippen molar-refractivity contribution in [2.45, 2.75) is 44.9 Å². The van der Waals surface area contributed by atoms with Crippen LogP contribution in [0.4, 0.5) is 20.7 Å². The minimum Gasteiger partial charge on any atom is -0.447 e. The lowest BCUT2D eigenvalue weighted by Crippen LogP contribution is -2.46. The van der Waals surface area contributed by atoms with Gasteiger partial charge in [-0.3, -0.25) is 9.69 Å². The molecule has 1 unspecified atom stereocenters. The van der Waals surface area contributed by atoms with E-state index in [1.54, 1.807) is 11.0 Å². The molecule has 2 aromatic rings. The largest absolute Gasteiger partial charge is 0.447 e. The number of carbonyl (C=O) groups is 2. The second kappa shape index (κ2) is 6.69. The van der Waals surface area contributed by atoms with Gasteiger partial charge in [-0.05, 0) is 38.7 Å². The lowest BCUT2D eigenvalue weighted by Gasteiger charge is -2.37. The van der Waals surface area contributed by atoms with E-state index >= 15 is 4.39 Å². The van der Waals surface area contributed by atoms with Gasteiger partial charge >= 0.3 is 6.09 Å². The minimum absolute atomic E-state index is 0.0679. The van der Waals surface area contributed by atoms with Gasteiger partial charge in [0.05, 0.1) is 29.3 Å². The molecule has 2 aliphatic heterocycles. The number of ether oxygens (including phenoxy) is 2. The van der Waals surface area contributed by atoms with Crippen LogP contribution in [0.5, 0.6) is 0 Å². The average molecular weight is 403 g/mol. The van der Waals surface area contributed by atoms with E-state index in [-0.39, 0.29) is 47.5 Å². The molecule has 0 spiro atoms. The van der Waals surface area contributed by atoms with Crippen LogP contribution in [0.2, 0.25) is 0 Å². The maximum atomic E-state index is 15.5. The maximum Gasteiger partial charge on any atom is 0.416 e. The van der Waals surface area contributed by atoms with Gasteiger partial charge in [0, 0.05) is 18.7 Å². The lowest BCUT2D eigenvalue weighted by molar-refractivity contribution is -0.00543. The van der Waals surface area contributed by atoms with Crippen LogP contribution in [0, 0.1) is 11.7 Å². The number of benzene rings is 1. The first-order chi connectivity index (χ1) is 14.0. The molecule has 1 saturated carbocycles. The maximum absolute atomic E-state index is 15.5. The first-order valence-corrected chi connectivity index (χ1v) is 9.91. The number of cyclic esters (lactones) is 1. The molecule has 1 aromatic heterocycles. The minimum atomic E-state index is -0.653. The summed E-state index contributed by atoms with van der Waals surface area (Å²) in [6, 6.07) is 1.41. The van der Waals surface area contributed by atoms with Gasteiger partial charge in [0.15, 0.2) is 17.9 Å². The topological polar surface area (TPSA) is 85.1 Å². The molecular weight excluding hydrogens is 381 g/mol. The van der Waals surface area contributed by atoms with Crippen molar-refractivity contribution in [1.29, 1.82) is 0 Å². The van der Waals surface area contributed by atoms with Crippen molar-refractivity contribution in [3.8, 4) is 0 Å². The summed E-state index contributed by atoms with van der Waals surface area (Å²) < 4.78 is 31.8. The number of halogens is 1. The van der Waals surface area contributed by atoms with Crippen molar-refractivity contribution >= 4 is 34.9 Å². The first kappa shape index (κ1) is 18.4. The van der Waals surface area contributed by atoms with E-state index in [0.717, 1.165) is 12.8 Å². The van der Waals surface area contributed by atoms with Gasteiger partial charge in [0.2, 0.25) is 5.58 Å². The van der Waals surface area contributed by atoms with Gasteiger partial charge in [0.1, 0.15) is 6.61 Å². The van der Waals surface area contributed by atoms with Gasteiger partial charge < -0.3 is 18.9 Å². The summed E-state index contributed by atoms with van der Waals surface area (Å²) in [5.41, 5.74) is 0.304. The van der Waals surface area contributed by atoms with Crippen LogP contribution in [0.1, 0.15) is 37.0 Å². The van der Waals surface area contributed by atoms with Crippen LogP contribution in [-0.4, -0.2) is 55.5 Å². The molecule has 1 amide bonds. The molecule has 154 valence electrons. The summed E-state index contributed by atoms with van der Waals surface area (Å²) in [4.78, 5) is 27.4. The SMILES string of the molecule is C[C@@H]1CN(c2c(C=O)cc3c(N4C(=O)OCC4C4CC4)noc3c2F)C[C@@H](C)O1. The second-order valence-corrected chi connectivity index (χ2v) is 8.14. The average Bonchev–Trinajstić information content (AvgIpc) is 3.33. The predicted molar refractivity (Wildman–Crippen MR) is 102 cm³/mol. The molecule has 5 rings (SSSR count). The van der Waals surface area contributed by atoms with Gasteiger partial charge in [-0.2, -0.15) is 0 Å². The Morgan fingerprint density at radius 3 is 2.62 bits per heavy atom. The monoisotopic (exact) mass is 403 g/mol. The van der Waals surface area contributed by atoms with E-state index in [0.29, 0.717) is 30.7 Å². The van der Waals surface area contributed by atoms with Crippen molar-refractivity contribution in [2.75, 3.05) is 29.5 Å². The van der Waals surface area contributed by atoms with Crippen LogP contribution < -0.4 is 9.80 Å². The number of anilines is 2. The number of hydrogen-bond donors (Lipinski definition) is 0. The molecule has 0 bridgehead atoms. The molecule has 8 nitrogen and oxygen atoms in total. The smallest absolute Gasteiger partial charge is 0.416 e. The Bertz CT molecular complexity index is 978. The molecule has 2 saturated heterocycles. The third-order valence-electron chi connectivity index (χ3n) is 5.85. The molecule has 29 heavy (non-hydrogen) atoms. The van der Waals surface area contributed by atoms with E-state index < -0.39 is 11.9 Å². The number of aromatic nitrogens is 1. The Hall–Kier alpha value is -2.68. The number of hydrogen-bond acceptors (Lipinski definition) is 7. The Kier molecular flexibility index (Phi) is 4.23. The zero-order valence-electron chi connectivity index (χ0n) is 16.3. The first-order valence-electron chi connectivity index (χ1n) is 9.91. The normalized spacial score (nSPS) is 27.6. The fourth-order valence-electron chi connectivity index (χ4n) is 4.49. The van der Waals surface area contributed by atoms with Gasteiger partial charge in [-0.25, -0.2) is 9.18 Å². The summed E-state index contributed by atoms with van der Waals surface area (Å²) in [7, 11) is 0. The van der Waals surface area contributed by atoms with Crippen LogP contribution >= 0.6 is 0 Å². The highest BCUT2D eigenvalue weighted by molar-refractivity contribution is 6.03. The van der Waals surface area contributed by atoms with Crippen LogP contribution in [0.3, 0.4) is 0 Å². The number of nitrogens with zero attached hydrogens (tertiary/aromatic N) is 3.